The van der Waals surface area contributed by atoms with Crippen LogP contribution in [0.5, 0.6) is 0 Å². The van der Waals surface area contributed by atoms with Crippen molar-refractivity contribution < 1.29 is 9.90 Å². The van der Waals surface area contributed by atoms with E-state index in [2.05, 4.69) is 0 Å². The Morgan fingerprint density at radius 3 is 2.26 bits per heavy atom. The molecule has 0 aliphatic carbocycles. The molecule has 0 bridgehead atoms. The van der Waals surface area contributed by atoms with Crippen LogP contribution in [0, 0.1) is 5.41 Å². The van der Waals surface area contributed by atoms with E-state index in [-0.39, 0.29) is 6.04 Å². The third-order valence-corrected chi connectivity index (χ3v) is 3.03. The van der Waals surface area contributed by atoms with Gasteiger partial charge in [-0.3, -0.25) is 4.79 Å². The summed E-state index contributed by atoms with van der Waals surface area (Å²) in [6.45, 7) is 1.80. The molecule has 0 aliphatic heterocycles. The topological polar surface area (TPSA) is 113 Å². The monoisotopic (exact) mass is 263 g/mol. The van der Waals surface area contributed by atoms with E-state index in [1.165, 1.54) is 0 Å². The van der Waals surface area contributed by atoms with Crippen molar-refractivity contribution in [2.75, 3.05) is 0 Å². The minimum atomic E-state index is -0.991. The molecule has 0 radical (unpaired) electrons. The molecular formula is C14H21N3O2. The lowest BCUT2D eigenvalue weighted by molar-refractivity contribution is -0.138. The highest BCUT2D eigenvalue weighted by atomic mass is 16.4. The van der Waals surface area contributed by atoms with E-state index >= 15 is 0 Å². The summed E-state index contributed by atoms with van der Waals surface area (Å²) in [5.41, 5.74) is 13.6. The van der Waals surface area contributed by atoms with Crippen molar-refractivity contribution >= 4 is 11.7 Å². The van der Waals surface area contributed by atoms with Gasteiger partial charge in [-0.2, -0.15) is 0 Å². The molecule has 0 spiro atoms. The fourth-order valence-electron chi connectivity index (χ4n) is 1.69. The second-order valence-corrected chi connectivity index (χ2v) is 4.78. The van der Waals surface area contributed by atoms with Gasteiger partial charge in [-0.05, 0) is 37.3 Å². The Kier molecular flexibility index (Phi) is 5.66. The smallest absolute Gasteiger partial charge is 0.320 e. The maximum absolute atomic E-state index is 10.7. The van der Waals surface area contributed by atoms with E-state index in [1.54, 1.807) is 6.92 Å². The number of hydrogen-bond acceptors (Lipinski definition) is 4. The zero-order chi connectivity index (χ0) is 14.4. The van der Waals surface area contributed by atoms with E-state index in [0.717, 1.165) is 17.5 Å². The van der Waals surface area contributed by atoms with E-state index in [4.69, 9.17) is 22.0 Å². The summed E-state index contributed by atoms with van der Waals surface area (Å²) in [6, 6.07) is 6.59. The van der Waals surface area contributed by atoms with Crippen molar-refractivity contribution in [3.05, 3.63) is 35.4 Å². The molecule has 0 saturated heterocycles. The van der Waals surface area contributed by atoms with Gasteiger partial charge in [0, 0.05) is 11.8 Å². The number of nitrogens with two attached hydrogens (primary N) is 2. The third-order valence-electron chi connectivity index (χ3n) is 3.03. The van der Waals surface area contributed by atoms with Crippen LogP contribution in [0.3, 0.4) is 0 Å². The summed E-state index contributed by atoms with van der Waals surface area (Å²) in [5, 5.41) is 16.4. The van der Waals surface area contributed by atoms with Crippen LogP contribution in [-0.2, 0) is 17.6 Å². The van der Waals surface area contributed by atoms with Gasteiger partial charge in [0.15, 0.2) is 0 Å². The van der Waals surface area contributed by atoms with Gasteiger partial charge in [0.2, 0.25) is 0 Å². The summed E-state index contributed by atoms with van der Waals surface area (Å²) in [7, 11) is 0. The second kappa shape index (κ2) is 7.01. The number of rotatable bonds is 7. The fourth-order valence-corrected chi connectivity index (χ4v) is 1.69. The number of nitrogens with one attached hydrogen (secondary N) is 1. The number of aryl methyl sites for hydroxylation is 1. The van der Waals surface area contributed by atoms with Crippen molar-refractivity contribution in [3.8, 4) is 0 Å². The Labute approximate surface area is 113 Å². The molecular weight excluding hydrogens is 242 g/mol. The summed E-state index contributed by atoms with van der Waals surface area (Å²) in [5.74, 6) is -0.991. The lowest BCUT2D eigenvalue weighted by Crippen LogP contribution is -2.32. The standard InChI is InChI=1S/C14H21N3O2/c1-9(15)12(16)7-6-10-2-4-11(5-3-10)8-13(17)14(18)19/h2-5,9,13,16H,6-8,15,17H2,1H3,(H,18,19). The molecule has 0 aliphatic rings. The van der Waals surface area contributed by atoms with E-state index in [1.807, 2.05) is 24.3 Å². The van der Waals surface area contributed by atoms with Crippen LogP contribution >= 0.6 is 0 Å². The predicted molar refractivity (Wildman–Crippen MR) is 75.5 cm³/mol. The Bertz CT molecular complexity index is 441. The first-order valence-corrected chi connectivity index (χ1v) is 6.29. The van der Waals surface area contributed by atoms with Crippen molar-refractivity contribution in [1.29, 1.82) is 5.41 Å². The predicted octanol–water partition coefficient (Wildman–Crippen LogP) is 0.941. The highest BCUT2D eigenvalue weighted by Gasteiger charge is 2.11. The van der Waals surface area contributed by atoms with Crippen LogP contribution in [0.25, 0.3) is 0 Å². The highest BCUT2D eigenvalue weighted by molar-refractivity contribution is 5.86. The number of benzene rings is 1. The largest absolute Gasteiger partial charge is 0.480 e. The molecule has 0 amide bonds. The lowest BCUT2D eigenvalue weighted by Gasteiger charge is -2.09. The van der Waals surface area contributed by atoms with Crippen LogP contribution in [0.2, 0.25) is 0 Å². The molecule has 1 aromatic carbocycles. The van der Waals surface area contributed by atoms with Gasteiger partial charge in [0.1, 0.15) is 6.04 Å². The van der Waals surface area contributed by atoms with Crippen LogP contribution in [-0.4, -0.2) is 28.9 Å². The summed E-state index contributed by atoms with van der Waals surface area (Å²) in [4.78, 5) is 10.7. The van der Waals surface area contributed by atoms with E-state index in [9.17, 15) is 4.79 Å². The Morgan fingerprint density at radius 1 is 1.26 bits per heavy atom. The van der Waals surface area contributed by atoms with E-state index in [0.29, 0.717) is 18.6 Å². The van der Waals surface area contributed by atoms with Gasteiger partial charge >= 0.3 is 5.97 Å². The first-order chi connectivity index (χ1) is 8.90. The van der Waals surface area contributed by atoms with Crippen LogP contribution in [0.1, 0.15) is 24.5 Å². The molecule has 0 saturated carbocycles. The number of carbonyl (C=O) groups is 1. The first-order valence-electron chi connectivity index (χ1n) is 6.29. The molecule has 0 heterocycles. The quantitative estimate of drug-likeness (QED) is 0.548. The first kappa shape index (κ1) is 15.3. The zero-order valence-corrected chi connectivity index (χ0v) is 11.1. The number of carboxylic acid groups (broad SMARTS) is 1. The van der Waals surface area contributed by atoms with Gasteiger partial charge in [-0.25, -0.2) is 0 Å². The Morgan fingerprint density at radius 2 is 1.79 bits per heavy atom. The average Bonchev–Trinajstić information content (AvgIpc) is 2.37. The molecule has 0 aromatic heterocycles. The maximum atomic E-state index is 10.7. The zero-order valence-electron chi connectivity index (χ0n) is 11.1. The Hall–Kier alpha value is -1.72. The van der Waals surface area contributed by atoms with Crippen molar-refractivity contribution in [3.63, 3.8) is 0 Å². The molecule has 104 valence electrons. The number of hydrogen-bond donors (Lipinski definition) is 4. The van der Waals surface area contributed by atoms with Crippen molar-refractivity contribution in [2.24, 2.45) is 11.5 Å². The molecule has 1 aromatic rings. The highest BCUT2D eigenvalue weighted by Crippen LogP contribution is 2.09. The van der Waals surface area contributed by atoms with Crippen LogP contribution < -0.4 is 11.5 Å². The molecule has 6 N–H and O–H groups in total. The van der Waals surface area contributed by atoms with Gasteiger partial charge in [-0.15, -0.1) is 0 Å². The van der Waals surface area contributed by atoms with E-state index < -0.39 is 12.0 Å². The SMILES string of the molecule is CC(N)C(=N)CCc1ccc(CC(N)C(=O)O)cc1. The molecule has 0 fully saturated rings. The molecule has 2 atom stereocenters. The molecule has 19 heavy (non-hydrogen) atoms. The summed E-state index contributed by atoms with van der Waals surface area (Å²) < 4.78 is 0. The van der Waals surface area contributed by atoms with Gasteiger partial charge in [-0.1, -0.05) is 24.3 Å². The molecule has 1 rings (SSSR count). The van der Waals surface area contributed by atoms with Gasteiger partial charge < -0.3 is 22.0 Å². The second-order valence-electron chi connectivity index (χ2n) is 4.78. The molecule has 5 nitrogen and oxygen atoms in total. The molecule has 5 heteroatoms. The maximum Gasteiger partial charge on any atom is 0.320 e. The number of carboxylic acids is 1. The normalized spacial score (nSPS) is 13.8. The lowest BCUT2D eigenvalue weighted by atomic mass is 10.0. The number of aliphatic carboxylic acids is 1. The summed E-state index contributed by atoms with van der Waals surface area (Å²) >= 11 is 0. The van der Waals surface area contributed by atoms with Crippen LogP contribution in [0.15, 0.2) is 24.3 Å². The van der Waals surface area contributed by atoms with Gasteiger partial charge in [0.25, 0.3) is 0 Å². The fraction of sp³-hybridized carbons (Fsp3) is 0.429. The third kappa shape index (κ3) is 5.19. The minimum Gasteiger partial charge on any atom is -0.480 e. The Balaban J connectivity index is 2.52. The van der Waals surface area contributed by atoms with Crippen molar-refractivity contribution in [1.82, 2.24) is 0 Å². The summed E-state index contributed by atoms with van der Waals surface area (Å²) in [6.07, 6.45) is 1.74. The average molecular weight is 263 g/mol. The molecule has 2 unspecified atom stereocenters. The van der Waals surface area contributed by atoms with Crippen molar-refractivity contribution in [2.45, 2.75) is 38.3 Å². The van der Waals surface area contributed by atoms with Gasteiger partial charge in [0.05, 0.1) is 0 Å². The minimum absolute atomic E-state index is 0.201. The van der Waals surface area contributed by atoms with Crippen LogP contribution in [0.4, 0.5) is 0 Å².